The summed E-state index contributed by atoms with van der Waals surface area (Å²) in [5.74, 6) is -1.01. The number of hydrogen-bond donors (Lipinski definition) is 1. The van der Waals surface area contributed by atoms with E-state index in [0.717, 1.165) is 9.13 Å². The third-order valence-corrected chi connectivity index (χ3v) is 4.56. The van der Waals surface area contributed by atoms with Crippen LogP contribution in [0.25, 0.3) is 0 Å². The van der Waals surface area contributed by atoms with Crippen molar-refractivity contribution in [1.82, 2.24) is 9.13 Å². The van der Waals surface area contributed by atoms with Crippen molar-refractivity contribution in [2.45, 2.75) is 17.1 Å². The number of benzene rings is 1. The number of nitrogens with two attached hydrogens (primary N) is 1. The standard InChI is InChI=1S/C15H16FN3O3S/c1-8(23-10-6-4-9(16)5-7-10)12(20)11-13(17)18(2)15(22)19(3)14(11)21/h4-8H,17H2,1-3H3/t8-/m1/s1. The maximum absolute atomic E-state index is 12.9. The van der Waals surface area contributed by atoms with Crippen molar-refractivity contribution >= 4 is 23.4 Å². The lowest BCUT2D eigenvalue weighted by atomic mass is 10.1. The summed E-state index contributed by atoms with van der Waals surface area (Å²) in [6, 6.07) is 5.68. The fourth-order valence-corrected chi connectivity index (χ4v) is 2.99. The molecule has 23 heavy (non-hydrogen) atoms. The van der Waals surface area contributed by atoms with Crippen molar-refractivity contribution in [3.63, 3.8) is 0 Å². The first-order valence-corrected chi connectivity index (χ1v) is 7.64. The fourth-order valence-electron chi connectivity index (χ4n) is 2.07. The van der Waals surface area contributed by atoms with Gasteiger partial charge in [-0.3, -0.25) is 18.7 Å². The Labute approximate surface area is 135 Å². The van der Waals surface area contributed by atoms with Crippen molar-refractivity contribution in [2.75, 3.05) is 5.73 Å². The zero-order chi connectivity index (χ0) is 17.3. The molecule has 0 spiro atoms. The molecule has 0 saturated carbocycles. The number of Topliss-reactive ketones (excluding diaryl/α,β-unsaturated/α-hetero) is 1. The molecule has 122 valence electrons. The number of rotatable bonds is 4. The van der Waals surface area contributed by atoms with Crippen LogP contribution in [0.5, 0.6) is 0 Å². The maximum atomic E-state index is 12.9. The molecule has 1 heterocycles. The monoisotopic (exact) mass is 337 g/mol. The summed E-state index contributed by atoms with van der Waals surface area (Å²) in [5, 5.41) is -0.618. The Morgan fingerprint density at radius 1 is 1.17 bits per heavy atom. The van der Waals surface area contributed by atoms with Gasteiger partial charge in [0.05, 0.1) is 5.25 Å². The molecule has 1 aromatic heterocycles. The highest BCUT2D eigenvalue weighted by Gasteiger charge is 2.25. The minimum Gasteiger partial charge on any atom is -0.384 e. The van der Waals surface area contributed by atoms with E-state index >= 15 is 0 Å². The molecule has 2 rings (SSSR count). The molecule has 0 bridgehead atoms. The van der Waals surface area contributed by atoms with Gasteiger partial charge in [-0.05, 0) is 31.2 Å². The average Bonchev–Trinajstić information content (AvgIpc) is 2.53. The maximum Gasteiger partial charge on any atom is 0.332 e. The van der Waals surface area contributed by atoms with E-state index in [1.807, 2.05) is 0 Å². The summed E-state index contributed by atoms with van der Waals surface area (Å²) in [5.41, 5.74) is 4.25. The highest BCUT2D eigenvalue weighted by Crippen LogP contribution is 2.26. The van der Waals surface area contributed by atoms with Gasteiger partial charge in [-0.2, -0.15) is 0 Å². The first-order valence-electron chi connectivity index (χ1n) is 6.76. The van der Waals surface area contributed by atoms with E-state index in [4.69, 9.17) is 5.73 Å². The lowest BCUT2D eigenvalue weighted by Crippen LogP contribution is -2.42. The first kappa shape index (κ1) is 17.0. The Balaban J connectivity index is 2.39. The van der Waals surface area contributed by atoms with E-state index in [0.29, 0.717) is 4.90 Å². The smallest absolute Gasteiger partial charge is 0.332 e. The van der Waals surface area contributed by atoms with Gasteiger partial charge in [0.1, 0.15) is 17.2 Å². The number of ketones is 1. The van der Waals surface area contributed by atoms with Gasteiger partial charge in [-0.25, -0.2) is 9.18 Å². The van der Waals surface area contributed by atoms with Crippen LogP contribution in [0, 0.1) is 5.82 Å². The molecule has 1 aromatic carbocycles. The second-order valence-corrected chi connectivity index (χ2v) is 6.46. The number of thioether (sulfide) groups is 1. The van der Waals surface area contributed by atoms with E-state index in [-0.39, 0.29) is 17.2 Å². The topological polar surface area (TPSA) is 87.1 Å². The van der Waals surface area contributed by atoms with Crippen LogP contribution < -0.4 is 17.0 Å². The van der Waals surface area contributed by atoms with E-state index in [1.54, 1.807) is 19.1 Å². The molecule has 0 unspecified atom stereocenters. The van der Waals surface area contributed by atoms with Crippen LogP contribution in [0.4, 0.5) is 10.2 Å². The predicted octanol–water partition coefficient (Wildman–Crippen LogP) is 1.17. The minimum atomic E-state index is -0.720. The van der Waals surface area contributed by atoms with Crippen LogP contribution in [-0.2, 0) is 14.1 Å². The van der Waals surface area contributed by atoms with Crippen LogP contribution in [0.1, 0.15) is 17.3 Å². The lowest BCUT2D eigenvalue weighted by Gasteiger charge is -2.14. The number of nitrogens with zero attached hydrogens (tertiary/aromatic N) is 2. The van der Waals surface area contributed by atoms with Crippen LogP contribution in [0.2, 0.25) is 0 Å². The van der Waals surface area contributed by atoms with Gasteiger partial charge < -0.3 is 5.73 Å². The number of carbonyl (C=O) groups excluding carboxylic acids is 1. The van der Waals surface area contributed by atoms with Gasteiger partial charge in [-0.15, -0.1) is 11.8 Å². The van der Waals surface area contributed by atoms with Gasteiger partial charge in [0.2, 0.25) is 0 Å². The van der Waals surface area contributed by atoms with Crippen LogP contribution in [0.3, 0.4) is 0 Å². The molecule has 0 amide bonds. The quantitative estimate of drug-likeness (QED) is 0.668. The third-order valence-electron chi connectivity index (χ3n) is 3.45. The fraction of sp³-hybridized carbons (Fsp3) is 0.267. The van der Waals surface area contributed by atoms with Gasteiger partial charge in [0.15, 0.2) is 5.78 Å². The summed E-state index contributed by atoms with van der Waals surface area (Å²) in [4.78, 5) is 37.2. The average molecular weight is 337 g/mol. The van der Waals surface area contributed by atoms with Crippen LogP contribution >= 0.6 is 11.8 Å². The number of halogens is 1. The highest BCUT2D eigenvalue weighted by atomic mass is 32.2. The second kappa shape index (κ2) is 6.41. The molecular formula is C15H16FN3O3S. The predicted molar refractivity (Wildman–Crippen MR) is 87.4 cm³/mol. The third kappa shape index (κ3) is 3.21. The first-order chi connectivity index (χ1) is 10.7. The molecule has 0 fully saturated rings. The van der Waals surface area contributed by atoms with Gasteiger partial charge >= 0.3 is 5.69 Å². The number of nitrogen functional groups attached to an aromatic ring is 1. The zero-order valence-corrected chi connectivity index (χ0v) is 13.7. The van der Waals surface area contributed by atoms with E-state index in [2.05, 4.69) is 0 Å². The molecule has 6 nitrogen and oxygen atoms in total. The molecule has 1 atom stereocenters. The van der Waals surface area contributed by atoms with E-state index in [1.165, 1.54) is 38.0 Å². The number of carbonyl (C=O) groups is 1. The van der Waals surface area contributed by atoms with Crippen molar-refractivity contribution < 1.29 is 9.18 Å². The Morgan fingerprint density at radius 2 is 1.74 bits per heavy atom. The highest BCUT2D eigenvalue weighted by molar-refractivity contribution is 8.00. The molecule has 2 aromatic rings. The van der Waals surface area contributed by atoms with Crippen molar-refractivity contribution in [3.05, 3.63) is 56.5 Å². The summed E-state index contributed by atoms with van der Waals surface area (Å²) in [7, 11) is 2.68. The second-order valence-electron chi connectivity index (χ2n) is 5.04. The van der Waals surface area contributed by atoms with Crippen LogP contribution in [0.15, 0.2) is 38.8 Å². The molecule has 0 aliphatic carbocycles. The summed E-state index contributed by atoms with van der Waals surface area (Å²) in [6.45, 7) is 1.63. The van der Waals surface area contributed by atoms with E-state index < -0.39 is 22.3 Å². The van der Waals surface area contributed by atoms with Crippen molar-refractivity contribution in [3.8, 4) is 0 Å². The molecule has 0 aliphatic rings. The summed E-state index contributed by atoms with van der Waals surface area (Å²) >= 11 is 1.18. The molecule has 0 saturated heterocycles. The Bertz CT molecular complexity index is 871. The minimum absolute atomic E-state index is 0.158. The summed E-state index contributed by atoms with van der Waals surface area (Å²) < 4.78 is 14.8. The Hall–Kier alpha value is -2.35. The van der Waals surface area contributed by atoms with Gasteiger partial charge in [-0.1, -0.05) is 0 Å². The number of hydrogen-bond acceptors (Lipinski definition) is 5. The molecule has 0 radical (unpaired) electrons. The van der Waals surface area contributed by atoms with Gasteiger partial charge in [0, 0.05) is 19.0 Å². The molecule has 8 heteroatoms. The summed E-state index contributed by atoms with van der Waals surface area (Å²) in [6.07, 6.45) is 0. The lowest BCUT2D eigenvalue weighted by molar-refractivity contribution is 0.0992. The van der Waals surface area contributed by atoms with Crippen LogP contribution in [-0.4, -0.2) is 20.2 Å². The number of anilines is 1. The van der Waals surface area contributed by atoms with Gasteiger partial charge in [0.25, 0.3) is 5.56 Å². The zero-order valence-electron chi connectivity index (χ0n) is 12.9. The Morgan fingerprint density at radius 3 is 2.30 bits per heavy atom. The largest absolute Gasteiger partial charge is 0.384 e. The van der Waals surface area contributed by atoms with Crippen molar-refractivity contribution in [1.29, 1.82) is 0 Å². The number of aromatic nitrogens is 2. The SMILES string of the molecule is C[C@@H](Sc1ccc(F)cc1)C(=O)c1c(N)n(C)c(=O)n(C)c1=O. The molecule has 2 N–H and O–H groups in total. The van der Waals surface area contributed by atoms with Crippen molar-refractivity contribution in [2.24, 2.45) is 14.1 Å². The van der Waals surface area contributed by atoms with E-state index in [9.17, 15) is 18.8 Å². The molecule has 0 aliphatic heterocycles. The molecular weight excluding hydrogens is 321 g/mol. The normalized spacial score (nSPS) is 12.2. The Kier molecular flexibility index (Phi) is 4.74.